The predicted molar refractivity (Wildman–Crippen MR) is 151 cm³/mol. The average Bonchev–Trinajstić information content (AvgIpc) is 2.93. The Balaban J connectivity index is 1.40. The number of nitrogens with zero attached hydrogens (tertiary/aromatic N) is 3. The van der Waals surface area contributed by atoms with E-state index in [1.807, 2.05) is 4.90 Å². The van der Waals surface area contributed by atoms with Gasteiger partial charge in [0, 0.05) is 62.4 Å². The van der Waals surface area contributed by atoms with Crippen molar-refractivity contribution in [3.05, 3.63) is 58.1 Å². The van der Waals surface area contributed by atoms with Crippen molar-refractivity contribution in [2.24, 2.45) is 0 Å². The van der Waals surface area contributed by atoms with Crippen LogP contribution in [0.25, 0.3) is 0 Å². The maximum atomic E-state index is 15.0. The van der Waals surface area contributed by atoms with Gasteiger partial charge in [0.2, 0.25) is 11.8 Å². The molecule has 234 valence electrons. The highest BCUT2D eigenvalue weighted by Gasteiger charge is 2.32. The van der Waals surface area contributed by atoms with E-state index in [-0.39, 0.29) is 49.4 Å². The van der Waals surface area contributed by atoms with Gasteiger partial charge in [0.15, 0.2) is 11.6 Å². The van der Waals surface area contributed by atoms with E-state index in [1.54, 1.807) is 22.8 Å². The van der Waals surface area contributed by atoms with Gasteiger partial charge in [-0.05, 0) is 31.2 Å². The Labute approximate surface area is 250 Å². The molecule has 43 heavy (non-hydrogen) atoms. The molecule has 2 aliphatic rings. The van der Waals surface area contributed by atoms with Gasteiger partial charge in [-0.1, -0.05) is 17.7 Å². The smallest absolute Gasteiger partial charge is 0.367 e. The zero-order valence-corrected chi connectivity index (χ0v) is 24.1. The molecule has 2 aliphatic heterocycles. The Bertz CT molecular complexity index is 1360. The van der Waals surface area contributed by atoms with E-state index in [9.17, 15) is 31.9 Å². The van der Waals surface area contributed by atoms with Gasteiger partial charge in [0.25, 0.3) is 5.91 Å². The van der Waals surface area contributed by atoms with Crippen molar-refractivity contribution in [2.45, 2.75) is 32.1 Å². The largest absolute Gasteiger partial charge is 0.390 e. The summed E-state index contributed by atoms with van der Waals surface area (Å²) in [6.07, 6.45) is -5.17. The number of piperazine rings is 2. The maximum absolute atomic E-state index is 15.0. The van der Waals surface area contributed by atoms with Gasteiger partial charge in [-0.2, -0.15) is 13.2 Å². The van der Waals surface area contributed by atoms with E-state index in [4.69, 9.17) is 11.6 Å². The highest BCUT2D eigenvalue weighted by atomic mass is 35.5. The van der Waals surface area contributed by atoms with Crippen LogP contribution in [0.4, 0.5) is 33.3 Å². The molecule has 9 nitrogen and oxygen atoms in total. The third-order valence-electron chi connectivity index (χ3n) is 7.36. The molecule has 3 N–H and O–H groups in total. The number of anilines is 2. The molecule has 2 saturated heterocycles. The van der Waals surface area contributed by atoms with E-state index in [1.165, 1.54) is 18.2 Å². The van der Waals surface area contributed by atoms with Crippen LogP contribution in [0.2, 0.25) is 5.02 Å². The van der Waals surface area contributed by atoms with E-state index < -0.39 is 41.6 Å². The molecule has 15 heteroatoms. The molecule has 0 aromatic heterocycles. The van der Waals surface area contributed by atoms with Crippen LogP contribution in [0.15, 0.2) is 30.3 Å². The molecule has 0 spiro atoms. The van der Waals surface area contributed by atoms with E-state index in [0.29, 0.717) is 43.4 Å². The van der Waals surface area contributed by atoms with Crippen molar-refractivity contribution in [3.63, 3.8) is 0 Å². The number of amides is 3. The number of alkyl halides is 3. The number of hydrogen-bond donors (Lipinski definition) is 3. The average molecular weight is 631 g/mol. The molecule has 0 radical (unpaired) electrons. The summed E-state index contributed by atoms with van der Waals surface area (Å²) in [6.45, 7) is 3.30. The monoisotopic (exact) mass is 630 g/mol. The summed E-state index contributed by atoms with van der Waals surface area (Å²) in [5.74, 6) is -4.27. The fraction of sp³-hybridized carbons (Fsp3) is 0.464. The predicted octanol–water partition coefficient (Wildman–Crippen LogP) is 3.38. The Morgan fingerprint density at radius 1 is 1.09 bits per heavy atom. The first-order valence-electron chi connectivity index (χ1n) is 13.7. The van der Waals surface area contributed by atoms with Crippen LogP contribution in [0.3, 0.4) is 0 Å². The lowest BCUT2D eigenvalue weighted by Crippen LogP contribution is -2.52. The van der Waals surface area contributed by atoms with Crippen LogP contribution in [0, 0.1) is 11.6 Å². The Hall–Kier alpha value is -3.49. The second-order valence-corrected chi connectivity index (χ2v) is 11.0. The Kier molecular flexibility index (Phi) is 10.5. The lowest BCUT2D eigenvalue weighted by molar-refractivity contribution is -0.139. The van der Waals surface area contributed by atoms with Gasteiger partial charge in [-0.25, -0.2) is 8.78 Å². The number of nitrogens with one attached hydrogen (secondary N) is 3. The molecule has 0 aliphatic carbocycles. The van der Waals surface area contributed by atoms with Crippen LogP contribution < -0.4 is 20.9 Å². The number of halogens is 6. The zero-order valence-electron chi connectivity index (χ0n) is 23.4. The first kappa shape index (κ1) is 32.4. The maximum Gasteiger partial charge on any atom is 0.390 e. The minimum Gasteiger partial charge on any atom is -0.367 e. The summed E-state index contributed by atoms with van der Waals surface area (Å²) in [7, 11) is 0. The SMILES string of the molecule is C[C@@H]1CN(c2cc(Cl)ccc2NC(=O)c2ccc(CNC(=O)CN3CCNC(=O)C3)c(F)c2F)CCN1CCC(F)(F)F. The standard InChI is InChI=1S/C28H32ClF5N6O3/c1-17-14-40(11-10-39(17)8-6-28(32,33)34)22-12-19(29)3-5-21(22)37-27(43)20-4-2-18(25(30)26(20)31)13-36-24(42)16-38-9-7-35-23(41)15-38/h2-5,12,17H,6-11,13-16H2,1H3,(H,35,41)(H,36,42)(H,37,43)/t17-/m1/s1. The molecular weight excluding hydrogens is 599 g/mol. The van der Waals surface area contributed by atoms with Crippen LogP contribution in [-0.2, 0) is 16.1 Å². The van der Waals surface area contributed by atoms with E-state index >= 15 is 4.39 Å². The van der Waals surface area contributed by atoms with Gasteiger partial charge < -0.3 is 20.9 Å². The van der Waals surface area contributed by atoms with Crippen molar-refractivity contribution in [3.8, 4) is 0 Å². The van der Waals surface area contributed by atoms with Crippen LogP contribution >= 0.6 is 11.6 Å². The molecule has 0 bridgehead atoms. The summed E-state index contributed by atoms with van der Waals surface area (Å²) in [6, 6.07) is 6.71. The van der Waals surface area contributed by atoms with E-state index in [2.05, 4.69) is 16.0 Å². The van der Waals surface area contributed by atoms with E-state index in [0.717, 1.165) is 6.07 Å². The third-order valence-corrected chi connectivity index (χ3v) is 7.60. The van der Waals surface area contributed by atoms with Gasteiger partial charge >= 0.3 is 6.18 Å². The number of rotatable bonds is 9. The summed E-state index contributed by atoms with van der Waals surface area (Å²) in [4.78, 5) is 42.0. The lowest BCUT2D eigenvalue weighted by atomic mass is 10.1. The molecule has 2 heterocycles. The molecular formula is C28H32ClF5N6O3. The topological polar surface area (TPSA) is 97.0 Å². The fourth-order valence-electron chi connectivity index (χ4n) is 5.06. The number of benzene rings is 2. The van der Waals surface area contributed by atoms with Crippen LogP contribution in [-0.4, -0.2) is 92.1 Å². The molecule has 0 saturated carbocycles. The molecule has 1 atom stereocenters. The third kappa shape index (κ3) is 8.77. The molecule has 0 unspecified atom stereocenters. The van der Waals surface area contributed by atoms with Crippen molar-refractivity contribution in [1.82, 2.24) is 20.4 Å². The highest BCUT2D eigenvalue weighted by molar-refractivity contribution is 6.31. The quantitative estimate of drug-likeness (QED) is 0.368. The Morgan fingerprint density at radius 3 is 2.56 bits per heavy atom. The highest BCUT2D eigenvalue weighted by Crippen LogP contribution is 2.32. The summed E-state index contributed by atoms with van der Waals surface area (Å²) >= 11 is 6.20. The van der Waals surface area contributed by atoms with Gasteiger partial charge in [-0.15, -0.1) is 0 Å². The van der Waals surface area contributed by atoms with Crippen molar-refractivity contribution >= 4 is 40.7 Å². The molecule has 3 amide bonds. The second kappa shape index (κ2) is 13.9. The lowest BCUT2D eigenvalue weighted by Gasteiger charge is -2.41. The normalized spacial score (nSPS) is 18.3. The molecule has 2 aromatic carbocycles. The van der Waals surface area contributed by atoms with Crippen LogP contribution in [0.5, 0.6) is 0 Å². The second-order valence-electron chi connectivity index (χ2n) is 10.5. The molecule has 2 aromatic rings. The summed E-state index contributed by atoms with van der Waals surface area (Å²) < 4.78 is 68.0. The minimum atomic E-state index is -4.25. The number of hydrogen-bond acceptors (Lipinski definition) is 6. The summed E-state index contributed by atoms with van der Waals surface area (Å²) in [5, 5.41) is 8.08. The van der Waals surface area contributed by atoms with Gasteiger partial charge in [0.1, 0.15) is 0 Å². The van der Waals surface area contributed by atoms with Crippen LogP contribution in [0.1, 0.15) is 29.3 Å². The summed E-state index contributed by atoms with van der Waals surface area (Å²) in [5.41, 5.74) is 0.0453. The van der Waals surface area contributed by atoms with Gasteiger partial charge in [-0.3, -0.25) is 24.2 Å². The van der Waals surface area contributed by atoms with Crippen molar-refractivity contribution < 1.29 is 36.3 Å². The van der Waals surface area contributed by atoms with Gasteiger partial charge in [0.05, 0.1) is 36.4 Å². The van der Waals surface area contributed by atoms with Crippen molar-refractivity contribution in [1.29, 1.82) is 0 Å². The van der Waals surface area contributed by atoms with Crippen molar-refractivity contribution in [2.75, 3.05) is 62.6 Å². The zero-order chi connectivity index (χ0) is 31.3. The number of carbonyl (C=O) groups excluding carboxylic acids is 3. The first-order valence-corrected chi connectivity index (χ1v) is 14.1. The Morgan fingerprint density at radius 2 is 1.86 bits per heavy atom. The molecule has 2 fully saturated rings. The first-order chi connectivity index (χ1) is 20.3. The molecule has 4 rings (SSSR count). The fourth-order valence-corrected chi connectivity index (χ4v) is 5.23. The minimum absolute atomic E-state index is 0.0622. The number of carbonyl (C=O) groups is 3.